The zero-order valence-corrected chi connectivity index (χ0v) is 16.1. The van der Waals surface area contributed by atoms with Crippen molar-refractivity contribution >= 4 is 5.78 Å². The minimum Gasteiger partial charge on any atom is -0.300 e. The number of rotatable bonds is 7. The molecule has 0 N–H and O–H groups in total. The number of allylic oxidation sites excluding steroid dienone is 8. The topological polar surface area (TPSA) is 17.1 Å². The van der Waals surface area contributed by atoms with Crippen LogP contribution < -0.4 is 0 Å². The molecule has 1 nitrogen and oxygen atoms in total. The number of ketones is 1. The van der Waals surface area contributed by atoms with Gasteiger partial charge in [0.25, 0.3) is 0 Å². The fraction of sp³-hybridized carbons (Fsp3) is 0.591. The lowest BCUT2D eigenvalue weighted by atomic mass is 9.91. The summed E-state index contributed by atoms with van der Waals surface area (Å²) in [7, 11) is 0. The van der Waals surface area contributed by atoms with E-state index in [1.165, 1.54) is 22.3 Å². The van der Waals surface area contributed by atoms with Crippen molar-refractivity contribution in [2.24, 2.45) is 11.8 Å². The largest absolute Gasteiger partial charge is 0.300 e. The summed E-state index contributed by atoms with van der Waals surface area (Å²) in [4.78, 5) is 11.7. The molecule has 0 bridgehead atoms. The van der Waals surface area contributed by atoms with Crippen LogP contribution in [0.15, 0.2) is 46.1 Å². The molecule has 0 fully saturated rings. The van der Waals surface area contributed by atoms with Crippen LogP contribution in [0.2, 0.25) is 0 Å². The predicted molar refractivity (Wildman–Crippen MR) is 101 cm³/mol. The van der Waals surface area contributed by atoms with Crippen molar-refractivity contribution in [3.05, 3.63) is 46.1 Å². The van der Waals surface area contributed by atoms with Gasteiger partial charge in [-0.05, 0) is 79.6 Å². The SMILES string of the molecule is CC(=O)CC1CC(C=C(C)C)C(CC=C(C)C)=C1CC=C(C)C. The van der Waals surface area contributed by atoms with Gasteiger partial charge in [-0.15, -0.1) is 0 Å². The Balaban J connectivity index is 3.24. The van der Waals surface area contributed by atoms with Gasteiger partial charge in [0.05, 0.1) is 0 Å². The lowest BCUT2D eigenvalue weighted by Crippen LogP contribution is -2.06. The molecule has 0 radical (unpaired) electrons. The molecule has 1 rings (SSSR count). The summed E-state index contributed by atoms with van der Waals surface area (Å²) in [5.41, 5.74) is 7.16. The van der Waals surface area contributed by atoms with Gasteiger partial charge in [-0.2, -0.15) is 0 Å². The minimum absolute atomic E-state index is 0.309. The summed E-state index contributed by atoms with van der Waals surface area (Å²) in [5.74, 6) is 1.23. The monoisotopic (exact) mass is 314 g/mol. The van der Waals surface area contributed by atoms with E-state index in [0.717, 1.165) is 19.3 Å². The Morgan fingerprint density at radius 3 is 1.83 bits per heavy atom. The van der Waals surface area contributed by atoms with Crippen LogP contribution in [-0.2, 0) is 4.79 Å². The fourth-order valence-corrected chi connectivity index (χ4v) is 3.42. The van der Waals surface area contributed by atoms with Gasteiger partial charge in [-0.1, -0.05) is 46.1 Å². The Bertz CT molecular complexity index is 543. The second kappa shape index (κ2) is 9.05. The first kappa shape index (κ1) is 19.7. The first-order chi connectivity index (χ1) is 10.7. The summed E-state index contributed by atoms with van der Waals surface area (Å²) in [6, 6.07) is 0. The minimum atomic E-state index is 0.309. The van der Waals surface area contributed by atoms with E-state index in [9.17, 15) is 4.79 Å². The molecule has 0 aromatic rings. The summed E-state index contributed by atoms with van der Waals surface area (Å²) >= 11 is 0. The Kier molecular flexibility index (Phi) is 7.75. The van der Waals surface area contributed by atoms with E-state index >= 15 is 0 Å². The smallest absolute Gasteiger partial charge is 0.130 e. The van der Waals surface area contributed by atoms with Crippen molar-refractivity contribution in [1.29, 1.82) is 0 Å². The first-order valence-corrected chi connectivity index (χ1v) is 8.83. The van der Waals surface area contributed by atoms with Crippen LogP contribution in [0.3, 0.4) is 0 Å². The van der Waals surface area contributed by atoms with Crippen LogP contribution >= 0.6 is 0 Å². The van der Waals surface area contributed by atoms with E-state index in [1.54, 1.807) is 12.5 Å². The summed E-state index contributed by atoms with van der Waals surface area (Å²) in [6.45, 7) is 14.7. The summed E-state index contributed by atoms with van der Waals surface area (Å²) in [5, 5.41) is 0. The van der Waals surface area contributed by atoms with Crippen LogP contribution in [0.1, 0.15) is 74.1 Å². The van der Waals surface area contributed by atoms with Crippen molar-refractivity contribution in [3.63, 3.8) is 0 Å². The number of carbonyl (C=O) groups excluding carboxylic acids is 1. The van der Waals surface area contributed by atoms with E-state index in [4.69, 9.17) is 0 Å². The van der Waals surface area contributed by atoms with Crippen molar-refractivity contribution in [2.45, 2.75) is 74.1 Å². The maximum atomic E-state index is 11.7. The van der Waals surface area contributed by atoms with Crippen molar-refractivity contribution in [1.82, 2.24) is 0 Å². The van der Waals surface area contributed by atoms with Gasteiger partial charge in [0.1, 0.15) is 5.78 Å². The van der Waals surface area contributed by atoms with Crippen LogP contribution in [0, 0.1) is 11.8 Å². The highest BCUT2D eigenvalue weighted by atomic mass is 16.1. The molecule has 1 heteroatoms. The van der Waals surface area contributed by atoms with Crippen molar-refractivity contribution in [2.75, 3.05) is 0 Å². The van der Waals surface area contributed by atoms with Crippen LogP contribution in [-0.4, -0.2) is 5.78 Å². The first-order valence-electron chi connectivity index (χ1n) is 8.83. The molecular weight excluding hydrogens is 280 g/mol. The van der Waals surface area contributed by atoms with Gasteiger partial charge in [-0.25, -0.2) is 0 Å². The Morgan fingerprint density at radius 2 is 1.39 bits per heavy atom. The molecule has 0 saturated carbocycles. The summed E-state index contributed by atoms with van der Waals surface area (Å²) in [6.07, 6.45) is 10.9. The van der Waals surface area contributed by atoms with E-state index in [0.29, 0.717) is 24.0 Å². The molecule has 2 unspecified atom stereocenters. The lowest BCUT2D eigenvalue weighted by Gasteiger charge is -2.13. The Hall–Kier alpha value is -1.37. The summed E-state index contributed by atoms with van der Waals surface area (Å²) < 4.78 is 0. The Morgan fingerprint density at radius 1 is 0.870 bits per heavy atom. The van der Waals surface area contributed by atoms with Crippen molar-refractivity contribution < 1.29 is 4.79 Å². The molecule has 2 atom stereocenters. The van der Waals surface area contributed by atoms with E-state index in [2.05, 4.69) is 59.8 Å². The van der Waals surface area contributed by atoms with Gasteiger partial charge < -0.3 is 4.79 Å². The second-order valence-electron chi connectivity index (χ2n) is 7.71. The van der Waals surface area contributed by atoms with Crippen LogP contribution in [0.5, 0.6) is 0 Å². The quantitative estimate of drug-likeness (QED) is 0.485. The molecule has 0 aliphatic heterocycles. The van der Waals surface area contributed by atoms with Gasteiger partial charge in [0.15, 0.2) is 0 Å². The maximum Gasteiger partial charge on any atom is 0.130 e. The van der Waals surface area contributed by atoms with Gasteiger partial charge in [0.2, 0.25) is 0 Å². The normalized spacial score (nSPS) is 20.3. The average Bonchev–Trinajstić information content (AvgIpc) is 2.69. The Labute approximate surface area is 143 Å². The molecule has 1 aliphatic rings. The third-order valence-electron chi connectivity index (χ3n) is 4.42. The predicted octanol–water partition coefficient (Wildman–Crippen LogP) is 6.58. The molecule has 128 valence electrons. The zero-order chi connectivity index (χ0) is 17.6. The number of hydrogen-bond acceptors (Lipinski definition) is 1. The molecule has 0 heterocycles. The maximum absolute atomic E-state index is 11.7. The second-order valence-corrected chi connectivity index (χ2v) is 7.71. The van der Waals surface area contributed by atoms with Crippen LogP contribution in [0.4, 0.5) is 0 Å². The third-order valence-corrected chi connectivity index (χ3v) is 4.42. The molecule has 0 spiro atoms. The van der Waals surface area contributed by atoms with Gasteiger partial charge in [0, 0.05) is 6.42 Å². The highest BCUT2D eigenvalue weighted by molar-refractivity contribution is 5.76. The fourth-order valence-electron chi connectivity index (χ4n) is 3.42. The number of Topliss-reactive ketones (excluding diaryl/α,β-unsaturated/α-hetero) is 1. The van der Waals surface area contributed by atoms with E-state index in [-0.39, 0.29) is 0 Å². The molecule has 0 saturated heterocycles. The molecule has 23 heavy (non-hydrogen) atoms. The van der Waals surface area contributed by atoms with Crippen molar-refractivity contribution in [3.8, 4) is 0 Å². The highest BCUT2D eigenvalue weighted by Crippen LogP contribution is 2.43. The molecule has 0 aromatic heterocycles. The average molecular weight is 315 g/mol. The molecule has 0 aromatic carbocycles. The van der Waals surface area contributed by atoms with E-state index < -0.39 is 0 Å². The van der Waals surface area contributed by atoms with Crippen LogP contribution in [0.25, 0.3) is 0 Å². The molecule has 1 aliphatic carbocycles. The van der Waals surface area contributed by atoms with Gasteiger partial charge >= 0.3 is 0 Å². The standard InChI is InChI=1S/C22H34O/c1-15(2)8-10-21-19(12-17(5)6)14-20(13-18(7)23)22(21)11-9-16(3)4/h8-9,12,19-20H,10-11,13-14H2,1-7H3. The highest BCUT2D eigenvalue weighted by Gasteiger charge is 2.31. The van der Waals surface area contributed by atoms with E-state index in [1.807, 2.05) is 0 Å². The van der Waals surface area contributed by atoms with Gasteiger partial charge in [-0.3, -0.25) is 0 Å². The number of carbonyl (C=O) groups is 1. The molecule has 0 amide bonds. The third kappa shape index (κ3) is 6.72. The molecular formula is C22H34O. The zero-order valence-electron chi connectivity index (χ0n) is 16.1. The lowest BCUT2D eigenvalue weighted by molar-refractivity contribution is -0.117. The number of hydrogen-bond donors (Lipinski definition) is 0.